The van der Waals surface area contributed by atoms with Crippen molar-refractivity contribution in [2.75, 3.05) is 11.4 Å². The maximum Gasteiger partial charge on any atom is 0.271 e. The summed E-state index contributed by atoms with van der Waals surface area (Å²) in [5.41, 5.74) is 8.55. The van der Waals surface area contributed by atoms with Gasteiger partial charge in [0.2, 0.25) is 0 Å². The maximum absolute atomic E-state index is 13.0. The Morgan fingerprint density at radius 1 is 1.21 bits per heavy atom. The van der Waals surface area contributed by atoms with Crippen molar-refractivity contribution in [2.24, 2.45) is 5.10 Å². The molecule has 3 rings (SSSR count). The van der Waals surface area contributed by atoms with Crippen molar-refractivity contribution in [3.05, 3.63) is 70.5 Å². The maximum atomic E-state index is 13.0. The van der Waals surface area contributed by atoms with Gasteiger partial charge in [-0.3, -0.25) is 4.79 Å². The number of hydrazone groups is 1. The summed E-state index contributed by atoms with van der Waals surface area (Å²) in [6.07, 6.45) is 5.04. The van der Waals surface area contributed by atoms with Gasteiger partial charge in [0.15, 0.2) is 0 Å². The van der Waals surface area contributed by atoms with Crippen molar-refractivity contribution in [1.82, 2.24) is 5.43 Å². The van der Waals surface area contributed by atoms with Gasteiger partial charge in [-0.05, 0) is 87.2 Å². The van der Waals surface area contributed by atoms with Crippen LogP contribution in [0.3, 0.4) is 0 Å². The van der Waals surface area contributed by atoms with Gasteiger partial charge in [-0.15, -0.1) is 0 Å². The van der Waals surface area contributed by atoms with E-state index in [-0.39, 0.29) is 17.3 Å². The molecule has 0 aromatic heterocycles. The minimum absolute atomic E-state index is 0.0295. The smallest absolute Gasteiger partial charge is 0.271 e. The number of anilines is 1. The van der Waals surface area contributed by atoms with E-state index in [1.54, 1.807) is 6.21 Å². The van der Waals surface area contributed by atoms with Gasteiger partial charge in [0, 0.05) is 23.4 Å². The first-order valence-electron chi connectivity index (χ1n) is 9.94. The van der Waals surface area contributed by atoms with E-state index < -0.39 is 0 Å². The third kappa shape index (κ3) is 4.39. The summed E-state index contributed by atoms with van der Waals surface area (Å²) in [7, 11) is 0. The number of allylic oxidation sites excluding steroid dienone is 1. The summed E-state index contributed by atoms with van der Waals surface area (Å²) >= 11 is 0. The average Bonchev–Trinajstić information content (AvgIpc) is 2.66. The molecule has 0 bridgehead atoms. The molecular weight excluding hydrogens is 365 g/mol. The number of rotatable bonds is 5. The Morgan fingerprint density at radius 3 is 2.55 bits per heavy atom. The van der Waals surface area contributed by atoms with Crippen LogP contribution in [0.5, 0.6) is 0 Å². The highest BCUT2D eigenvalue weighted by atomic mass is 19.1. The van der Waals surface area contributed by atoms with Crippen LogP contribution in [-0.2, 0) is 0 Å². The predicted octanol–water partition coefficient (Wildman–Crippen LogP) is 5.31. The number of nitrogens with one attached hydrogen (secondary N) is 1. The third-order valence-corrected chi connectivity index (χ3v) is 5.29. The van der Waals surface area contributed by atoms with Crippen LogP contribution in [0.4, 0.5) is 10.1 Å². The van der Waals surface area contributed by atoms with Gasteiger partial charge in [0.1, 0.15) is 5.82 Å². The number of hydrogen-bond donors (Lipinski definition) is 1. The molecule has 2 aromatic carbocycles. The SMILES string of the molecule is CCCN1c2cc(C)c(/C=N\NC(=O)c3ccc(F)cc3)cc2C(C)=CC1(C)C. The second kappa shape index (κ2) is 8.19. The van der Waals surface area contributed by atoms with Crippen LogP contribution in [0.2, 0.25) is 0 Å². The lowest BCUT2D eigenvalue weighted by atomic mass is 9.87. The van der Waals surface area contributed by atoms with Crippen molar-refractivity contribution < 1.29 is 9.18 Å². The van der Waals surface area contributed by atoms with Gasteiger partial charge < -0.3 is 4.90 Å². The molecule has 29 heavy (non-hydrogen) atoms. The molecule has 152 valence electrons. The van der Waals surface area contributed by atoms with Crippen LogP contribution in [-0.4, -0.2) is 24.2 Å². The van der Waals surface area contributed by atoms with Crippen LogP contribution >= 0.6 is 0 Å². The lowest BCUT2D eigenvalue weighted by molar-refractivity contribution is 0.0955. The van der Waals surface area contributed by atoms with E-state index in [1.807, 2.05) is 6.92 Å². The molecule has 0 radical (unpaired) electrons. The van der Waals surface area contributed by atoms with Crippen LogP contribution in [0.25, 0.3) is 5.57 Å². The number of halogens is 1. The van der Waals surface area contributed by atoms with Gasteiger partial charge in [-0.1, -0.05) is 13.0 Å². The van der Waals surface area contributed by atoms with Gasteiger partial charge in [0.25, 0.3) is 5.91 Å². The lowest BCUT2D eigenvalue weighted by Gasteiger charge is -2.43. The van der Waals surface area contributed by atoms with Crippen molar-refractivity contribution in [3.63, 3.8) is 0 Å². The normalized spacial score (nSPS) is 15.2. The Balaban J connectivity index is 1.85. The fourth-order valence-corrected chi connectivity index (χ4v) is 3.84. The third-order valence-electron chi connectivity index (χ3n) is 5.29. The molecule has 1 heterocycles. The molecule has 0 atom stereocenters. The number of aryl methyl sites for hydroxylation is 1. The molecule has 0 spiro atoms. The molecule has 0 fully saturated rings. The summed E-state index contributed by atoms with van der Waals surface area (Å²) in [5.74, 6) is -0.748. The summed E-state index contributed by atoms with van der Waals surface area (Å²) in [6.45, 7) is 11.9. The number of benzene rings is 2. The molecule has 1 amide bonds. The van der Waals surface area contributed by atoms with Gasteiger partial charge >= 0.3 is 0 Å². The molecule has 0 aliphatic carbocycles. The van der Waals surface area contributed by atoms with Crippen LogP contribution in [0.1, 0.15) is 61.2 Å². The fraction of sp³-hybridized carbons (Fsp3) is 0.333. The monoisotopic (exact) mass is 393 g/mol. The Morgan fingerprint density at radius 2 is 1.90 bits per heavy atom. The highest BCUT2D eigenvalue weighted by molar-refractivity contribution is 5.95. The van der Waals surface area contributed by atoms with E-state index in [4.69, 9.17) is 0 Å². The summed E-state index contributed by atoms with van der Waals surface area (Å²) < 4.78 is 13.0. The number of nitrogens with zero attached hydrogens (tertiary/aromatic N) is 2. The zero-order valence-corrected chi connectivity index (χ0v) is 17.7. The molecule has 2 aromatic rings. The van der Waals surface area contributed by atoms with Crippen molar-refractivity contribution in [1.29, 1.82) is 0 Å². The van der Waals surface area contributed by atoms with Crippen LogP contribution in [0, 0.1) is 12.7 Å². The minimum Gasteiger partial charge on any atom is -0.362 e. The first-order chi connectivity index (χ1) is 13.7. The lowest BCUT2D eigenvalue weighted by Crippen LogP contribution is -2.45. The van der Waals surface area contributed by atoms with E-state index in [0.717, 1.165) is 24.1 Å². The molecule has 0 saturated heterocycles. The molecule has 5 heteroatoms. The molecule has 0 saturated carbocycles. The second-order valence-corrected chi connectivity index (χ2v) is 8.06. The fourth-order valence-electron chi connectivity index (χ4n) is 3.84. The summed E-state index contributed by atoms with van der Waals surface area (Å²) in [6, 6.07) is 9.70. The van der Waals surface area contributed by atoms with Crippen molar-refractivity contribution in [3.8, 4) is 0 Å². The number of carbonyl (C=O) groups excluding carboxylic acids is 1. The van der Waals surface area contributed by atoms with Gasteiger partial charge in [-0.2, -0.15) is 5.10 Å². The summed E-state index contributed by atoms with van der Waals surface area (Å²) in [4.78, 5) is 14.6. The Bertz CT molecular complexity index is 974. The molecule has 1 aliphatic rings. The van der Waals surface area contributed by atoms with Crippen molar-refractivity contribution in [2.45, 2.75) is 46.6 Å². The van der Waals surface area contributed by atoms with Gasteiger partial charge in [-0.25, -0.2) is 9.82 Å². The molecular formula is C24H28FN3O. The molecule has 4 nitrogen and oxygen atoms in total. The van der Waals surface area contributed by atoms with Crippen LogP contribution < -0.4 is 10.3 Å². The second-order valence-electron chi connectivity index (χ2n) is 8.06. The van der Waals surface area contributed by atoms with E-state index in [1.165, 1.54) is 41.1 Å². The topological polar surface area (TPSA) is 44.7 Å². The predicted molar refractivity (Wildman–Crippen MR) is 118 cm³/mol. The highest BCUT2D eigenvalue weighted by Crippen LogP contribution is 2.40. The Hall–Kier alpha value is -2.95. The quantitative estimate of drug-likeness (QED) is 0.553. The zero-order valence-electron chi connectivity index (χ0n) is 17.7. The first-order valence-corrected chi connectivity index (χ1v) is 9.94. The first kappa shape index (κ1) is 20.8. The zero-order chi connectivity index (χ0) is 21.2. The Labute approximate surface area is 172 Å². The van der Waals surface area contributed by atoms with E-state index in [2.05, 4.69) is 61.3 Å². The highest BCUT2D eigenvalue weighted by Gasteiger charge is 2.31. The van der Waals surface area contributed by atoms with Gasteiger partial charge in [0.05, 0.1) is 11.8 Å². The number of amides is 1. The Kier molecular flexibility index (Phi) is 5.87. The average molecular weight is 394 g/mol. The van der Waals surface area contributed by atoms with E-state index >= 15 is 0 Å². The number of fused-ring (bicyclic) bond motifs is 1. The van der Waals surface area contributed by atoms with Crippen LogP contribution in [0.15, 0.2) is 47.6 Å². The molecule has 1 N–H and O–H groups in total. The summed E-state index contributed by atoms with van der Waals surface area (Å²) in [5, 5.41) is 4.11. The largest absolute Gasteiger partial charge is 0.362 e. The standard InChI is InChI=1S/C24H28FN3O/c1-6-11-28-22-12-16(2)19(13-21(22)17(3)14-24(28,4)5)15-26-27-23(29)18-7-9-20(25)10-8-18/h7-10,12-15H,6,11H2,1-5H3,(H,27,29)/b26-15-. The minimum atomic E-state index is -0.376. The van der Waals surface area contributed by atoms with E-state index in [9.17, 15) is 9.18 Å². The number of carbonyl (C=O) groups is 1. The number of hydrogen-bond acceptors (Lipinski definition) is 3. The van der Waals surface area contributed by atoms with Crippen molar-refractivity contribution >= 4 is 23.4 Å². The van der Waals surface area contributed by atoms with E-state index in [0.29, 0.717) is 5.56 Å². The molecule has 1 aliphatic heterocycles. The molecule has 0 unspecified atom stereocenters.